The van der Waals surface area contributed by atoms with E-state index in [1.54, 1.807) is 14.0 Å². The van der Waals surface area contributed by atoms with E-state index >= 15 is 0 Å². The fourth-order valence-corrected chi connectivity index (χ4v) is 0.892. The molecule has 0 bridgehead atoms. The maximum Gasteiger partial charge on any atom is 0.300 e. The molecule has 0 aliphatic heterocycles. The molecular formula is C7H11N3O2. The average Bonchev–Trinajstić information content (AvgIpc) is 2.08. The molecule has 0 atom stereocenters. The monoisotopic (exact) mass is 169 g/mol. The minimum absolute atomic E-state index is 0.181. The summed E-state index contributed by atoms with van der Waals surface area (Å²) >= 11 is 0. The van der Waals surface area contributed by atoms with Crippen LogP contribution in [-0.2, 0) is 7.05 Å². The number of hydrogen-bond donors (Lipinski definition) is 1. The Morgan fingerprint density at radius 2 is 2.17 bits per heavy atom. The van der Waals surface area contributed by atoms with Gasteiger partial charge >= 0.3 is 6.01 Å². The molecule has 0 radical (unpaired) electrons. The molecule has 1 aromatic rings. The first kappa shape index (κ1) is 8.58. The summed E-state index contributed by atoms with van der Waals surface area (Å²) < 4.78 is 6.14. The van der Waals surface area contributed by atoms with Crippen molar-refractivity contribution in [1.82, 2.24) is 9.55 Å². The normalized spacial score (nSPS) is 9.92. The van der Waals surface area contributed by atoms with Gasteiger partial charge in [0.15, 0.2) is 0 Å². The van der Waals surface area contributed by atoms with E-state index in [4.69, 9.17) is 10.5 Å². The van der Waals surface area contributed by atoms with E-state index in [2.05, 4.69) is 4.98 Å². The van der Waals surface area contributed by atoms with Crippen LogP contribution >= 0.6 is 0 Å². The van der Waals surface area contributed by atoms with Gasteiger partial charge in [-0.2, -0.15) is 4.98 Å². The lowest BCUT2D eigenvalue weighted by atomic mass is 10.3. The Morgan fingerprint density at radius 3 is 2.67 bits per heavy atom. The van der Waals surface area contributed by atoms with Crippen LogP contribution in [0.2, 0.25) is 0 Å². The molecule has 0 aromatic carbocycles. The van der Waals surface area contributed by atoms with Crippen molar-refractivity contribution in [2.45, 2.75) is 6.92 Å². The zero-order valence-corrected chi connectivity index (χ0v) is 7.29. The lowest BCUT2D eigenvalue weighted by molar-refractivity contribution is 0.357. The second-order valence-electron chi connectivity index (χ2n) is 2.47. The van der Waals surface area contributed by atoms with Gasteiger partial charge in [-0.25, -0.2) is 0 Å². The van der Waals surface area contributed by atoms with E-state index in [0.717, 1.165) is 0 Å². The molecule has 5 heteroatoms. The number of ether oxygens (including phenoxy) is 1. The van der Waals surface area contributed by atoms with Crippen molar-refractivity contribution in [2.75, 3.05) is 12.8 Å². The fourth-order valence-electron chi connectivity index (χ4n) is 0.892. The Kier molecular flexibility index (Phi) is 2.03. The molecule has 2 N–H and O–H groups in total. The Hall–Kier alpha value is -1.52. The summed E-state index contributed by atoms with van der Waals surface area (Å²) in [7, 11) is 3.02. The van der Waals surface area contributed by atoms with Gasteiger partial charge in [0.05, 0.1) is 12.7 Å². The zero-order valence-electron chi connectivity index (χ0n) is 7.29. The lowest BCUT2D eigenvalue weighted by Gasteiger charge is -2.07. The van der Waals surface area contributed by atoms with Crippen molar-refractivity contribution in [1.29, 1.82) is 0 Å². The minimum Gasteiger partial charge on any atom is -0.468 e. The molecule has 0 fully saturated rings. The SMILES string of the molecule is COc1nc(N)c(C)c(=O)n1C. The van der Waals surface area contributed by atoms with Crippen LogP contribution in [0.4, 0.5) is 5.82 Å². The largest absolute Gasteiger partial charge is 0.468 e. The van der Waals surface area contributed by atoms with Gasteiger partial charge in [0.2, 0.25) is 0 Å². The molecule has 0 aliphatic rings. The van der Waals surface area contributed by atoms with Crippen molar-refractivity contribution >= 4 is 5.82 Å². The highest BCUT2D eigenvalue weighted by Crippen LogP contribution is 2.07. The molecule has 66 valence electrons. The van der Waals surface area contributed by atoms with E-state index < -0.39 is 0 Å². The van der Waals surface area contributed by atoms with E-state index in [-0.39, 0.29) is 17.4 Å². The fraction of sp³-hybridized carbons (Fsp3) is 0.429. The van der Waals surface area contributed by atoms with Crippen LogP contribution in [0.1, 0.15) is 5.56 Å². The number of hydrogen-bond acceptors (Lipinski definition) is 4. The molecule has 0 saturated carbocycles. The maximum absolute atomic E-state index is 11.3. The second-order valence-corrected chi connectivity index (χ2v) is 2.47. The molecule has 0 unspecified atom stereocenters. The molecule has 0 aliphatic carbocycles. The summed E-state index contributed by atoms with van der Waals surface area (Å²) in [5, 5.41) is 0. The molecule has 12 heavy (non-hydrogen) atoms. The highest BCUT2D eigenvalue weighted by Gasteiger charge is 2.07. The average molecular weight is 169 g/mol. The standard InChI is InChI=1S/C7H11N3O2/c1-4-5(8)9-7(12-3)10(2)6(4)11/h8H2,1-3H3. The molecule has 1 rings (SSSR count). The van der Waals surface area contributed by atoms with Gasteiger partial charge < -0.3 is 10.5 Å². The van der Waals surface area contributed by atoms with E-state index in [1.807, 2.05) is 0 Å². The van der Waals surface area contributed by atoms with E-state index in [1.165, 1.54) is 11.7 Å². The van der Waals surface area contributed by atoms with Crippen molar-refractivity contribution in [3.05, 3.63) is 15.9 Å². The van der Waals surface area contributed by atoms with Crippen molar-refractivity contribution in [3.8, 4) is 6.01 Å². The molecule has 1 heterocycles. The predicted molar refractivity (Wildman–Crippen MR) is 45.2 cm³/mol. The first-order valence-corrected chi connectivity index (χ1v) is 3.45. The number of methoxy groups -OCH3 is 1. The smallest absolute Gasteiger partial charge is 0.300 e. The summed E-state index contributed by atoms with van der Waals surface area (Å²) in [5.74, 6) is 0.218. The number of rotatable bonds is 1. The highest BCUT2D eigenvalue weighted by atomic mass is 16.5. The van der Waals surface area contributed by atoms with Crippen molar-refractivity contribution < 1.29 is 4.74 Å². The van der Waals surface area contributed by atoms with Crippen LogP contribution < -0.4 is 16.0 Å². The third-order valence-electron chi connectivity index (χ3n) is 1.70. The van der Waals surface area contributed by atoms with E-state index in [9.17, 15) is 4.79 Å². The summed E-state index contributed by atoms with van der Waals surface area (Å²) in [6, 6.07) is 0.225. The predicted octanol–water partition coefficient (Wildman–Crippen LogP) is -0.320. The molecule has 0 spiro atoms. The number of nitrogen functional groups attached to an aromatic ring is 1. The van der Waals surface area contributed by atoms with Gasteiger partial charge in [-0.15, -0.1) is 0 Å². The van der Waals surface area contributed by atoms with E-state index in [0.29, 0.717) is 5.56 Å². The van der Waals surface area contributed by atoms with Crippen LogP contribution in [-0.4, -0.2) is 16.7 Å². The minimum atomic E-state index is -0.181. The Balaban J connectivity index is 3.50. The number of nitrogens with two attached hydrogens (primary N) is 1. The Labute approximate surface area is 69.8 Å². The summed E-state index contributed by atoms with van der Waals surface area (Å²) in [6.45, 7) is 1.63. The Morgan fingerprint density at radius 1 is 1.58 bits per heavy atom. The van der Waals surface area contributed by atoms with Crippen LogP contribution in [0, 0.1) is 6.92 Å². The molecular weight excluding hydrogens is 158 g/mol. The maximum atomic E-state index is 11.3. The number of nitrogens with zero attached hydrogens (tertiary/aromatic N) is 2. The van der Waals surface area contributed by atoms with Crippen LogP contribution in [0.5, 0.6) is 6.01 Å². The van der Waals surface area contributed by atoms with Crippen molar-refractivity contribution in [3.63, 3.8) is 0 Å². The van der Waals surface area contributed by atoms with Crippen molar-refractivity contribution in [2.24, 2.45) is 7.05 Å². The van der Waals surface area contributed by atoms with Crippen LogP contribution in [0.3, 0.4) is 0 Å². The summed E-state index contributed by atoms with van der Waals surface area (Å²) in [6.07, 6.45) is 0. The molecule has 0 saturated heterocycles. The van der Waals surface area contributed by atoms with Gasteiger partial charge in [0, 0.05) is 7.05 Å². The summed E-state index contributed by atoms with van der Waals surface area (Å²) in [4.78, 5) is 15.2. The molecule has 1 aromatic heterocycles. The lowest BCUT2D eigenvalue weighted by Crippen LogP contribution is -2.23. The quantitative estimate of drug-likeness (QED) is 0.625. The van der Waals surface area contributed by atoms with Gasteiger partial charge in [0.25, 0.3) is 5.56 Å². The topological polar surface area (TPSA) is 70.1 Å². The van der Waals surface area contributed by atoms with Gasteiger partial charge in [-0.1, -0.05) is 0 Å². The number of aromatic nitrogens is 2. The van der Waals surface area contributed by atoms with Gasteiger partial charge in [-0.3, -0.25) is 9.36 Å². The molecule has 5 nitrogen and oxygen atoms in total. The third kappa shape index (κ3) is 1.13. The van der Waals surface area contributed by atoms with Gasteiger partial charge in [-0.05, 0) is 6.92 Å². The van der Waals surface area contributed by atoms with Crippen LogP contribution in [0.25, 0.3) is 0 Å². The first-order chi connectivity index (χ1) is 5.57. The Bertz CT molecular complexity index is 356. The second kappa shape index (κ2) is 2.84. The molecule has 0 amide bonds. The first-order valence-electron chi connectivity index (χ1n) is 3.45. The van der Waals surface area contributed by atoms with Crippen LogP contribution in [0.15, 0.2) is 4.79 Å². The zero-order chi connectivity index (χ0) is 9.30. The number of anilines is 1. The highest BCUT2D eigenvalue weighted by molar-refractivity contribution is 5.37. The third-order valence-corrected chi connectivity index (χ3v) is 1.70. The van der Waals surface area contributed by atoms with Gasteiger partial charge in [0.1, 0.15) is 5.82 Å². The summed E-state index contributed by atoms with van der Waals surface area (Å²) in [5.41, 5.74) is 5.72.